The Kier molecular flexibility index (Phi) is 3.71. The van der Waals surface area contributed by atoms with Gasteiger partial charge in [0.1, 0.15) is 23.4 Å². The fourth-order valence-corrected chi connectivity index (χ4v) is 2.61. The third-order valence-corrected chi connectivity index (χ3v) is 3.73. The Hall–Kier alpha value is -2.20. The maximum Gasteiger partial charge on any atom is 0.127 e. The molecule has 0 amide bonds. The predicted molar refractivity (Wildman–Crippen MR) is 78.9 cm³/mol. The number of hydrogen-bond donors (Lipinski definition) is 1. The first-order chi connectivity index (χ1) is 10.2. The molecule has 110 valence electrons. The summed E-state index contributed by atoms with van der Waals surface area (Å²) >= 11 is 0. The third kappa shape index (κ3) is 2.67. The summed E-state index contributed by atoms with van der Waals surface area (Å²) in [4.78, 5) is 0. The molecule has 0 aliphatic carbocycles. The SMILES string of the molecule is COc1cc(OC)cc(C2CC(O)c3ccccc3O2)c1. The normalized spacial score (nSPS) is 20.3. The summed E-state index contributed by atoms with van der Waals surface area (Å²) in [6.07, 6.45) is -0.246. The van der Waals surface area contributed by atoms with Crippen LogP contribution in [0, 0.1) is 0 Å². The highest BCUT2D eigenvalue weighted by Crippen LogP contribution is 2.41. The minimum atomic E-state index is -0.530. The molecule has 2 unspecified atom stereocenters. The molecular weight excluding hydrogens is 268 g/mol. The Bertz CT molecular complexity index is 616. The highest BCUT2D eigenvalue weighted by Gasteiger charge is 2.28. The summed E-state index contributed by atoms with van der Waals surface area (Å²) in [5.74, 6) is 2.14. The average Bonchev–Trinajstić information content (AvgIpc) is 2.54. The van der Waals surface area contributed by atoms with Crippen molar-refractivity contribution in [1.82, 2.24) is 0 Å². The van der Waals surface area contributed by atoms with Crippen LogP contribution >= 0.6 is 0 Å². The molecule has 1 aliphatic heterocycles. The Morgan fingerprint density at radius 1 is 1.05 bits per heavy atom. The maximum absolute atomic E-state index is 10.3. The van der Waals surface area contributed by atoms with Crippen LogP contribution in [0.1, 0.15) is 29.8 Å². The maximum atomic E-state index is 10.3. The second-order valence-electron chi connectivity index (χ2n) is 5.04. The van der Waals surface area contributed by atoms with E-state index in [-0.39, 0.29) is 6.10 Å². The number of rotatable bonds is 3. The van der Waals surface area contributed by atoms with Gasteiger partial charge in [0.25, 0.3) is 0 Å². The smallest absolute Gasteiger partial charge is 0.127 e. The summed E-state index contributed by atoms with van der Waals surface area (Å²) in [5.41, 5.74) is 1.77. The van der Waals surface area contributed by atoms with Crippen molar-refractivity contribution in [2.45, 2.75) is 18.6 Å². The Morgan fingerprint density at radius 2 is 1.71 bits per heavy atom. The van der Waals surface area contributed by atoms with Crippen LogP contribution in [0.2, 0.25) is 0 Å². The van der Waals surface area contributed by atoms with Gasteiger partial charge in [0, 0.05) is 18.1 Å². The fourth-order valence-electron chi connectivity index (χ4n) is 2.61. The van der Waals surface area contributed by atoms with E-state index in [0.717, 1.165) is 16.9 Å². The van der Waals surface area contributed by atoms with Gasteiger partial charge in [-0.15, -0.1) is 0 Å². The number of ether oxygens (including phenoxy) is 3. The van der Waals surface area contributed by atoms with Crippen molar-refractivity contribution in [2.24, 2.45) is 0 Å². The molecule has 4 nitrogen and oxygen atoms in total. The molecule has 2 aromatic carbocycles. The lowest BCUT2D eigenvalue weighted by atomic mass is 9.95. The van der Waals surface area contributed by atoms with E-state index in [1.807, 2.05) is 42.5 Å². The average molecular weight is 286 g/mol. The molecule has 1 N–H and O–H groups in total. The van der Waals surface area contributed by atoms with Crippen LogP contribution in [0.4, 0.5) is 0 Å². The third-order valence-electron chi connectivity index (χ3n) is 3.73. The summed E-state index contributed by atoms with van der Waals surface area (Å²) in [7, 11) is 3.23. The molecular formula is C17H18O4. The van der Waals surface area contributed by atoms with E-state index >= 15 is 0 Å². The van der Waals surface area contributed by atoms with Crippen LogP contribution < -0.4 is 14.2 Å². The summed E-state index contributed by atoms with van der Waals surface area (Å²) in [6.45, 7) is 0. The minimum Gasteiger partial charge on any atom is -0.497 e. The van der Waals surface area contributed by atoms with Gasteiger partial charge in [-0.1, -0.05) is 18.2 Å². The van der Waals surface area contributed by atoms with Gasteiger partial charge < -0.3 is 19.3 Å². The Morgan fingerprint density at radius 3 is 2.38 bits per heavy atom. The van der Waals surface area contributed by atoms with Crippen molar-refractivity contribution in [2.75, 3.05) is 14.2 Å². The van der Waals surface area contributed by atoms with Crippen LogP contribution in [-0.4, -0.2) is 19.3 Å². The predicted octanol–water partition coefficient (Wildman–Crippen LogP) is 3.26. The topological polar surface area (TPSA) is 47.9 Å². The zero-order valence-corrected chi connectivity index (χ0v) is 12.1. The number of benzene rings is 2. The molecule has 0 bridgehead atoms. The van der Waals surface area contributed by atoms with Crippen molar-refractivity contribution in [3.63, 3.8) is 0 Å². The minimum absolute atomic E-state index is 0.223. The highest BCUT2D eigenvalue weighted by atomic mass is 16.5. The first-order valence-electron chi connectivity index (χ1n) is 6.88. The molecule has 1 aliphatic rings. The lowest BCUT2D eigenvalue weighted by Crippen LogP contribution is -2.19. The van der Waals surface area contributed by atoms with E-state index in [1.54, 1.807) is 14.2 Å². The van der Waals surface area contributed by atoms with E-state index in [0.29, 0.717) is 17.9 Å². The molecule has 4 heteroatoms. The van der Waals surface area contributed by atoms with Crippen LogP contribution in [0.15, 0.2) is 42.5 Å². The van der Waals surface area contributed by atoms with Gasteiger partial charge in [0.15, 0.2) is 0 Å². The molecule has 0 spiro atoms. The molecule has 2 aromatic rings. The fraction of sp³-hybridized carbons (Fsp3) is 0.294. The lowest BCUT2D eigenvalue weighted by molar-refractivity contribution is 0.0655. The Balaban J connectivity index is 1.95. The van der Waals surface area contributed by atoms with Crippen LogP contribution in [0.25, 0.3) is 0 Å². The number of methoxy groups -OCH3 is 2. The highest BCUT2D eigenvalue weighted by molar-refractivity contribution is 5.42. The standard InChI is InChI=1S/C17H18O4/c1-19-12-7-11(8-13(9-12)20-2)17-10-15(18)14-5-3-4-6-16(14)21-17/h3-9,15,17-18H,10H2,1-2H3. The van der Waals surface area contributed by atoms with Gasteiger partial charge in [0.05, 0.1) is 20.3 Å². The summed E-state index contributed by atoms with van der Waals surface area (Å²) < 4.78 is 16.6. The van der Waals surface area contributed by atoms with Gasteiger partial charge >= 0.3 is 0 Å². The first kappa shape index (κ1) is 13.8. The van der Waals surface area contributed by atoms with Crippen molar-refractivity contribution >= 4 is 0 Å². The Labute approximate surface area is 123 Å². The molecule has 21 heavy (non-hydrogen) atoms. The molecule has 0 saturated heterocycles. The number of hydrogen-bond acceptors (Lipinski definition) is 4. The largest absolute Gasteiger partial charge is 0.497 e. The lowest BCUT2D eigenvalue weighted by Gasteiger charge is -2.30. The van der Waals surface area contributed by atoms with Gasteiger partial charge in [-0.2, -0.15) is 0 Å². The molecule has 0 fully saturated rings. The van der Waals surface area contributed by atoms with E-state index < -0.39 is 6.10 Å². The molecule has 3 rings (SSSR count). The molecule has 1 heterocycles. The monoisotopic (exact) mass is 286 g/mol. The number of para-hydroxylation sites is 1. The van der Waals surface area contributed by atoms with Crippen molar-refractivity contribution in [1.29, 1.82) is 0 Å². The van der Waals surface area contributed by atoms with Crippen molar-refractivity contribution in [3.05, 3.63) is 53.6 Å². The van der Waals surface area contributed by atoms with Gasteiger partial charge in [-0.05, 0) is 23.8 Å². The van der Waals surface area contributed by atoms with Gasteiger partial charge in [-0.25, -0.2) is 0 Å². The molecule has 0 aromatic heterocycles. The second kappa shape index (κ2) is 5.66. The van der Waals surface area contributed by atoms with Crippen molar-refractivity contribution < 1.29 is 19.3 Å². The van der Waals surface area contributed by atoms with E-state index in [4.69, 9.17) is 14.2 Å². The summed E-state index contributed by atoms with van der Waals surface area (Å²) in [6, 6.07) is 13.2. The zero-order chi connectivity index (χ0) is 14.8. The number of fused-ring (bicyclic) bond motifs is 1. The van der Waals surface area contributed by atoms with Crippen LogP contribution in [0.5, 0.6) is 17.2 Å². The van der Waals surface area contributed by atoms with Crippen LogP contribution in [-0.2, 0) is 0 Å². The quantitative estimate of drug-likeness (QED) is 0.941. The molecule has 2 atom stereocenters. The van der Waals surface area contributed by atoms with E-state index in [9.17, 15) is 5.11 Å². The number of aliphatic hydroxyl groups is 1. The zero-order valence-electron chi connectivity index (χ0n) is 12.1. The first-order valence-corrected chi connectivity index (χ1v) is 6.88. The van der Waals surface area contributed by atoms with Gasteiger partial charge in [-0.3, -0.25) is 0 Å². The second-order valence-corrected chi connectivity index (χ2v) is 5.04. The molecule has 0 saturated carbocycles. The van der Waals surface area contributed by atoms with E-state index in [1.165, 1.54) is 0 Å². The van der Waals surface area contributed by atoms with Crippen LogP contribution in [0.3, 0.4) is 0 Å². The number of aliphatic hydroxyl groups excluding tert-OH is 1. The molecule has 0 radical (unpaired) electrons. The summed E-state index contributed by atoms with van der Waals surface area (Å²) in [5, 5.41) is 10.3. The van der Waals surface area contributed by atoms with E-state index in [2.05, 4.69) is 0 Å². The van der Waals surface area contributed by atoms with Crippen molar-refractivity contribution in [3.8, 4) is 17.2 Å². The van der Waals surface area contributed by atoms with Gasteiger partial charge in [0.2, 0.25) is 0 Å².